The van der Waals surface area contributed by atoms with E-state index in [9.17, 15) is 17.6 Å². The molecule has 174 valence electrons. The van der Waals surface area contributed by atoms with Crippen LogP contribution in [0.2, 0.25) is 0 Å². The number of hydrogen-bond acceptors (Lipinski definition) is 6. The van der Waals surface area contributed by atoms with Crippen LogP contribution >= 0.6 is 0 Å². The first-order chi connectivity index (χ1) is 15.9. The topological polar surface area (TPSA) is 66.0 Å². The third-order valence-electron chi connectivity index (χ3n) is 5.32. The Labute approximate surface area is 189 Å². The second kappa shape index (κ2) is 10.0. The molecule has 0 spiro atoms. The van der Waals surface area contributed by atoms with Crippen LogP contribution in [0.15, 0.2) is 48.5 Å². The van der Waals surface area contributed by atoms with E-state index in [4.69, 9.17) is 0 Å². The molecule has 0 unspecified atom stereocenters. The van der Waals surface area contributed by atoms with Crippen molar-refractivity contribution in [3.05, 3.63) is 65.5 Å². The van der Waals surface area contributed by atoms with E-state index in [1.54, 1.807) is 12.1 Å². The average Bonchev–Trinajstić information content (AvgIpc) is 3.08. The van der Waals surface area contributed by atoms with Gasteiger partial charge in [-0.1, -0.05) is 31.0 Å². The van der Waals surface area contributed by atoms with Crippen molar-refractivity contribution >= 4 is 23.5 Å². The molecule has 0 bridgehead atoms. The normalized spacial score (nSPS) is 14.6. The summed E-state index contributed by atoms with van der Waals surface area (Å²) in [5, 5.41) is 5.99. The molecule has 1 aliphatic rings. The Morgan fingerprint density at radius 2 is 1.55 bits per heavy atom. The fourth-order valence-electron chi connectivity index (χ4n) is 3.60. The van der Waals surface area contributed by atoms with Crippen LogP contribution in [0.4, 0.5) is 41.1 Å². The van der Waals surface area contributed by atoms with Gasteiger partial charge in [-0.3, -0.25) is 0 Å². The number of nitrogens with one attached hydrogen (secondary N) is 2. The number of anilines is 4. The van der Waals surface area contributed by atoms with Crippen LogP contribution in [0.1, 0.15) is 36.8 Å². The minimum atomic E-state index is -4.45. The molecule has 0 saturated carbocycles. The van der Waals surface area contributed by atoms with Gasteiger partial charge in [0.25, 0.3) is 0 Å². The molecule has 0 atom stereocenters. The van der Waals surface area contributed by atoms with Crippen LogP contribution in [-0.4, -0.2) is 28.0 Å². The van der Waals surface area contributed by atoms with Crippen molar-refractivity contribution < 1.29 is 17.6 Å². The Morgan fingerprint density at radius 1 is 0.848 bits per heavy atom. The molecule has 33 heavy (non-hydrogen) atoms. The van der Waals surface area contributed by atoms with E-state index in [0.29, 0.717) is 12.5 Å². The van der Waals surface area contributed by atoms with Gasteiger partial charge in [-0.2, -0.15) is 28.1 Å². The first-order valence-corrected chi connectivity index (χ1v) is 10.8. The Morgan fingerprint density at radius 3 is 2.24 bits per heavy atom. The fourth-order valence-corrected chi connectivity index (χ4v) is 3.60. The predicted molar refractivity (Wildman–Crippen MR) is 119 cm³/mol. The van der Waals surface area contributed by atoms with Gasteiger partial charge in [-0.15, -0.1) is 0 Å². The smallest absolute Gasteiger partial charge is 0.350 e. The first kappa shape index (κ1) is 22.8. The van der Waals surface area contributed by atoms with Gasteiger partial charge in [0.2, 0.25) is 17.8 Å². The summed E-state index contributed by atoms with van der Waals surface area (Å²) in [5.41, 5.74) is 0.298. The van der Waals surface area contributed by atoms with Crippen molar-refractivity contribution in [1.29, 1.82) is 0 Å². The number of aromatic nitrogens is 3. The zero-order valence-electron chi connectivity index (χ0n) is 17.9. The lowest BCUT2D eigenvalue weighted by atomic mass is 10.2. The van der Waals surface area contributed by atoms with Crippen LogP contribution < -0.4 is 15.5 Å². The van der Waals surface area contributed by atoms with E-state index in [-0.39, 0.29) is 23.4 Å². The number of halogens is 4. The third kappa shape index (κ3) is 6.30. The van der Waals surface area contributed by atoms with Gasteiger partial charge in [-0.25, -0.2) is 4.39 Å². The molecule has 10 heteroatoms. The van der Waals surface area contributed by atoms with Crippen molar-refractivity contribution in [3.8, 4) is 0 Å². The van der Waals surface area contributed by atoms with Crippen molar-refractivity contribution in [2.45, 2.75) is 38.4 Å². The summed E-state index contributed by atoms with van der Waals surface area (Å²) in [6, 6.07) is 10.9. The Bertz CT molecular complexity index is 1060. The maximum Gasteiger partial charge on any atom is 0.416 e. The summed E-state index contributed by atoms with van der Waals surface area (Å²) >= 11 is 0. The van der Waals surface area contributed by atoms with E-state index in [2.05, 4.69) is 30.5 Å². The highest BCUT2D eigenvalue weighted by atomic mass is 19.4. The number of benzene rings is 2. The number of nitrogens with zero attached hydrogens (tertiary/aromatic N) is 4. The molecular formula is C23H24F4N6. The summed E-state index contributed by atoms with van der Waals surface area (Å²) in [6.45, 7) is 1.95. The molecule has 3 aromatic rings. The van der Waals surface area contributed by atoms with Crippen molar-refractivity contribution in [2.75, 3.05) is 28.6 Å². The van der Waals surface area contributed by atoms with Gasteiger partial charge < -0.3 is 15.5 Å². The summed E-state index contributed by atoms with van der Waals surface area (Å²) < 4.78 is 52.4. The zero-order chi connectivity index (χ0) is 23.3. The largest absolute Gasteiger partial charge is 0.416 e. The Kier molecular flexibility index (Phi) is 6.90. The highest BCUT2D eigenvalue weighted by Gasteiger charge is 2.30. The molecule has 1 aromatic heterocycles. The van der Waals surface area contributed by atoms with E-state index in [0.717, 1.165) is 56.5 Å². The van der Waals surface area contributed by atoms with Gasteiger partial charge in [0.1, 0.15) is 5.82 Å². The van der Waals surface area contributed by atoms with E-state index >= 15 is 0 Å². The molecule has 1 aliphatic heterocycles. The third-order valence-corrected chi connectivity index (χ3v) is 5.32. The van der Waals surface area contributed by atoms with Crippen molar-refractivity contribution in [3.63, 3.8) is 0 Å². The Balaban J connectivity index is 1.60. The van der Waals surface area contributed by atoms with Crippen molar-refractivity contribution in [1.82, 2.24) is 15.0 Å². The monoisotopic (exact) mass is 460 g/mol. The maximum absolute atomic E-state index is 13.2. The second-order valence-electron chi connectivity index (χ2n) is 7.87. The minimum Gasteiger partial charge on any atom is -0.350 e. The molecule has 4 rings (SSSR count). The standard InChI is InChI=1S/C23H24F4N6/c24-18-10-8-16(9-11-18)15-28-20-30-21(29-19-7-5-6-17(14-19)23(25,26)27)32-22(31-20)33-12-3-1-2-4-13-33/h5-11,14H,1-4,12-13,15H2,(H2,28,29,30,31,32). The van der Waals surface area contributed by atoms with E-state index in [1.807, 2.05) is 0 Å². The van der Waals surface area contributed by atoms with Crippen LogP contribution in [0, 0.1) is 5.82 Å². The Hall–Kier alpha value is -3.43. The quantitative estimate of drug-likeness (QED) is 0.456. The van der Waals surface area contributed by atoms with Crippen molar-refractivity contribution in [2.24, 2.45) is 0 Å². The molecule has 0 radical (unpaired) electrons. The highest BCUT2D eigenvalue weighted by molar-refractivity contribution is 5.57. The zero-order valence-corrected chi connectivity index (χ0v) is 17.9. The molecule has 2 N–H and O–H groups in total. The molecule has 6 nitrogen and oxygen atoms in total. The van der Waals surface area contributed by atoms with Crippen LogP contribution in [0.5, 0.6) is 0 Å². The number of alkyl halides is 3. The molecule has 0 aliphatic carbocycles. The molecule has 2 heterocycles. The SMILES string of the molecule is Fc1ccc(CNc2nc(Nc3cccc(C(F)(F)F)c3)nc(N3CCCCCC3)n2)cc1. The summed E-state index contributed by atoms with van der Waals surface area (Å²) in [4.78, 5) is 15.4. The molecule has 1 fully saturated rings. The maximum atomic E-state index is 13.2. The van der Waals surface area contributed by atoms with Gasteiger partial charge in [-0.05, 0) is 48.7 Å². The summed E-state index contributed by atoms with van der Waals surface area (Å²) in [5.74, 6) is 0.561. The fraction of sp³-hybridized carbons (Fsp3) is 0.348. The summed E-state index contributed by atoms with van der Waals surface area (Å²) in [7, 11) is 0. The number of rotatable bonds is 6. The van der Waals surface area contributed by atoms with Gasteiger partial charge in [0.15, 0.2) is 0 Å². The van der Waals surface area contributed by atoms with Crippen LogP contribution in [0.3, 0.4) is 0 Å². The summed E-state index contributed by atoms with van der Waals surface area (Å²) in [6.07, 6.45) is -0.157. The lowest BCUT2D eigenvalue weighted by molar-refractivity contribution is -0.137. The molecular weight excluding hydrogens is 436 g/mol. The van der Waals surface area contributed by atoms with E-state index in [1.165, 1.54) is 24.3 Å². The minimum absolute atomic E-state index is 0.144. The highest BCUT2D eigenvalue weighted by Crippen LogP contribution is 2.31. The van der Waals surface area contributed by atoms with Gasteiger partial charge in [0, 0.05) is 25.3 Å². The average molecular weight is 460 g/mol. The molecule has 1 saturated heterocycles. The molecule has 2 aromatic carbocycles. The predicted octanol–water partition coefficient (Wildman–Crippen LogP) is 5.77. The van der Waals surface area contributed by atoms with Gasteiger partial charge in [0.05, 0.1) is 5.56 Å². The second-order valence-corrected chi connectivity index (χ2v) is 7.87. The number of hydrogen-bond donors (Lipinski definition) is 2. The lowest BCUT2D eigenvalue weighted by Crippen LogP contribution is -2.27. The van der Waals surface area contributed by atoms with Crippen LogP contribution in [0.25, 0.3) is 0 Å². The first-order valence-electron chi connectivity index (χ1n) is 10.8. The molecule has 0 amide bonds. The van der Waals surface area contributed by atoms with E-state index < -0.39 is 11.7 Å². The van der Waals surface area contributed by atoms with Crippen LogP contribution in [-0.2, 0) is 12.7 Å². The lowest BCUT2D eigenvalue weighted by Gasteiger charge is -2.21. The van der Waals surface area contributed by atoms with Gasteiger partial charge >= 0.3 is 6.18 Å².